The fraction of sp³-hybridized carbons (Fsp3) is 1.00. The Morgan fingerprint density at radius 3 is 2.35 bits per heavy atom. The van der Waals surface area contributed by atoms with Crippen molar-refractivity contribution in [1.29, 1.82) is 0 Å². The summed E-state index contributed by atoms with van der Waals surface area (Å²) < 4.78 is 0. The van der Waals surface area contributed by atoms with Crippen LogP contribution in [0, 0.1) is 5.92 Å². The number of hydrogen-bond acceptors (Lipinski definition) is 3. The third kappa shape index (κ3) is 5.36. The van der Waals surface area contributed by atoms with Crippen LogP contribution in [0.15, 0.2) is 0 Å². The smallest absolute Gasteiger partial charge is 0.0112 e. The van der Waals surface area contributed by atoms with E-state index >= 15 is 0 Å². The number of nitrogens with zero attached hydrogens (tertiary/aromatic N) is 2. The van der Waals surface area contributed by atoms with Gasteiger partial charge < -0.3 is 10.2 Å². The predicted molar refractivity (Wildman–Crippen MR) is 75.5 cm³/mol. The molecule has 0 aromatic heterocycles. The Hall–Kier alpha value is -0.120. The van der Waals surface area contributed by atoms with Crippen molar-refractivity contribution in [3.8, 4) is 0 Å². The van der Waals surface area contributed by atoms with Gasteiger partial charge in [-0.1, -0.05) is 6.92 Å². The van der Waals surface area contributed by atoms with Crippen LogP contribution in [0.4, 0.5) is 0 Å². The molecule has 1 aliphatic rings. The molecule has 0 spiro atoms. The van der Waals surface area contributed by atoms with Gasteiger partial charge in [-0.3, -0.25) is 4.90 Å². The van der Waals surface area contributed by atoms with Crippen molar-refractivity contribution >= 4 is 0 Å². The average molecular weight is 241 g/mol. The first kappa shape index (κ1) is 14.9. The highest BCUT2D eigenvalue weighted by Gasteiger charge is 2.23. The fourth-order valence-corrected chi connectivity index (χ4v) is 2.55. The van der Waals surface area contributed by atoms with Crippen molar-refractivity contribution in [2.45, 2.75) is 45.7 Å². The number of likely N-dealkylation sites (N-methyl/N-ethyl adjacent to an activating group) is 1. The van der Waals surface area contributed by atoms with Crippen LogP contribution in [0.3, 0.4) is 0 Å². The van der Waals surface area contributed by atoms with E-state index in [0.29, 0.717) is 6.04 Å². The molecule has 17 heavy (non-hydrogen) atoms. The lowest BCUT2D eigenvalue weighted by Gasteiger charge is -2.29. The normalized spacial score (nSPS) is 25.4. The molecule has 2 atom stereocenters. The van der Waals surface area contributed by atoms with Gasteiger partial charge in [0.1, 0.15) is 0 Å². The zero-order valence-electron chi connectivity index (χ0n) is 12.4. The molecular formula is C14H31N3. The second kappa shape index (κ2) is 7.34. The molecule has 0 aliphatic carbocycles. The summed E-state index contributed by atoms with van der Waals surface area (Å²) in [5, 5.41) is 3.63. The maximum absolute atomic E-state index is 3.63. The lowest BCUT2D eigenvalue weighted by Crippen LogP contribution is -2.40. The molecule has 0 saturated carbocycles. The maximum Gasteiger partial charge on any atom is 0.0112 e. The van der Waals surface area contributed by atoms with Crippen molar-refractivity contribution in [2.75, 3.05) is 40.3 Å². The van der Waals surface area contributed by atoms with Crippen LogP contribution in [0.1, 0.15) is 33.6 Å². The number of hydrogen-bond donors (Lipinski definition) is 1. The summed E-state index contributed by atoms with van der Waals surface area (Å²) in [5.74, 6) is 0.859. The Kier molecular flexibility index (Phi) is 6.45. The molecule has 102 valence electrons. The minimum atomic E-state index is 0.659. The van der Waals surface area contributed by atoms with Gasteiger partial charge in [0.25, 0.3) is 0 Å². The Labute approximate surface area is 108 Å². The molecule has 3 heteroatoms. The highest BCUT2D eigenvalue weighted by molar-refractivity contribution is 4.82. The van der Waals surface area contributed by atoms with E-state index in [1.54, 1.807) is 0 Å². The van der Waals surface area contributed by atoms with Gasteiger partial charge in [-0.15, -0.1) is 0 Å². The molecule has 1 saturated heterocycles. The topological polar surface area (TPSA) is 18.5 Å². The van der Waals surface area contributed by atoms with Gasteiger partial charge >= 0.3 is 0 Å². The number of rotatable bonds is 7. The summed E-state index contributed by atoms with van der Waals surface area (Å²) in [7, 11) is 4.30. The molecule has 0 radical (unpaired) electrons. The zero-order chi connectivity index (χ0) is 12.8. The maximum atomic E-state index is 3.63. The molecule has 1 N–H and O–H groups in total. The third-order valence-corrected chi connectivity index (χ3v) is 3.99. The molecule has 0 amide bonds. The van der Waals surface area contributed by atoms with Crippen LogP contribution >= 0.6 is 0 Å². The lowest BCUT2D eigenvalue weighted by molar-refractivity contribution is 0.188. The highest BCUT2D eigenvalue weighted by Crippen LogP contribution is 2.17. The van der Waals surface area contributed by atoms with Gasteiger partial charge in [0.15, 0.2) is 0 Å². The molecule has 0 aromatic carbocycles. The molecular weight excluding hydrogens is 210 g/mol. The van der Waals surface area contributed by atoms with Gasteiger partial charge in [-0.2, -0.15) is 0 Å². The van der Waals surface area contributed by atoms with Crippen LogP contribution in [0.5, 0.6) is 0 Å². The van der Waals surface area contributed by atoms with E-state index in [1.807, 2.05) is 0 Å². The van der Waals surface area contributed by atoms with Gasteiger partial charge in [0.2, 0.25) is 0 Å². The fourth-order valence-electron chi connectivity index (χ4n) is 2.55. The summed E-state index contributed by atoms with van der Waals surface area (Å²) >= 11 is 0. The van der Waals surface area contributed by atoms with E-state index in [-0.39, 0.29) is 0 Å². The molecule has 2 unspecified atom stereocenters. The van der Waals surface area contributed by atoms with E-state index in [4.69, 9.17) is 0 Å². The molecule has 1 aliphatic heterocycles. The lowest BCUT2D eigenvalue weighted by atomic mass is 10.00. The highest BCUT2D eigenvalue weighted by atomic mass is 15.2. The van der Waals surface area contributed by atoms with Crippen molar-refractivity contribution in [1.82, 2.24) is 15.1 Å². The molecule has 1 heterocycles. The molecule has 1 fully saturated rings. The van der Waals surface area contributed by atoms with E-state index in [0.717, 1.165) is 18.5 Å². The van der Waals surface area contributed by atoms with Crippen LogP contribution in [-0.4, -0.2) is 62.2 Å². The molecule has 0 aromatic rings. The van der Waals surface area contributed by atoms with Crippen LogP contribution in [0.25, 0.3) is 0 Å². The first-order valence-corrected chi connectivity index (χ1v) is 7.13. The minimum Gasteiger partial charge on any atom is -0.314 e. The number of nitrogens with one attached hydrogen (secondary N) is 1. The van der Waals surface area contributed by atoms with Gasteiger partial charge in [0.05, 0.1) is 0 Å². The Morgan fingerprint density at radius 2 is 1.88 bits per heavy atom. The molecule has 1 rings (SSSR count). The molecule has 0 bridgehead atoms. The first-order chi connectivity index (χ1) is 8.00. The average Bonchev–Trinajstić information content (AvgIpc) is 2.63. The monoisotopic (exact) mass is 241 g/mol. The van der Waals surface area contributed by atoms with Gasteiger partial charge in [-0.25, -0.2) is 0 Å². The van der Waals surface area contributed by atoms with Gasteiger partial charge in [-0.05, 0) is 59.8 Å². The first-order valence-electron chi connectivity index (χ1n) is 7.13. The summed E-state index contributed by atoms with van der Waals surface area (Å²) in [6.07, 6.45) is 2.65. The van der Waals surface area contributed by atoms with E-state index in [1.165, 1.54) is 32.5 Å². The Bertz CT molecular complexity index is 204. The zero-order valence-corrected chi connectivity index (χ0v) is 12.4. The van der Waals surface area contributed by atoms with Crippen LogP contribution in [-0.2, 0) is 0 Å². The van der Waals surface area contributed by atoms with E-state index in [2.05, 4.69) is 50.0 Å². The molecule has 3 nitrogen and oxygen atoms in total. The van der Waals surface area contributed by atoms with Crippen LogP contribution in [0.2, 0.25) is 0 Å². The van der Waals surface area contributed by atoms with Crippen molar-refractivity contribution < 1.29 is 0 Å². The standard InChI is InChI=1S/C14H31N3/c1-12(2)17(11-10-16(4)5)9-7-14-13(3)6-8-15-14/h12-15H,6-11H2,1-5H3. The Balaban J connectivity index is 2.28. The largest absolute Gasteiger partial charge is 0.314 e. The van der Waals surface area contributed by atoms with Crippen molar-refractivity contribution in [2.24, 2.45) is 5.92 Å². The van der Waals surface area contributed by atoms with E-state index < -0.39 is 0 Å². The summed E-state index contributed by atoms with van der Waals surface area (Å²) in [6, 6.07) is 1.40. The third-order valence-electron chi connectivity index (χ3n) is 3.99. The summed E-state index contributed by atoms with van der Waals surface area (Å²) in [6.45, 7) is 11.8. The second-order valence-corrected chi connectivity index (χ2v) is 6.05. The minimum absolute atomic E-state index is 0.659. The van der Waals surface area contributed by atoms with Crippen molar-refractivity contribution in [3.63, 3.8) is 0 Å². The summed E-state index contributed by atoms with van der Waals surface area (Å²) in [4.78, 5) is 4.87. The SMILES string of the molecule is CC1CCNC1CCN(CCN(C)C)C(C)C. The second-order valence-electron chi connectivity index (χ2n) is 6.05. The van der Waals surface area contributed by atoms with Crippen molar-refractivity contribution in [3.05, 3.63) is 0 Å². The quantitative estimate of drug-likeness (QED) is 0.731. The van der Waals surface area contributed by atoms with Gasteiger partial charge in [0, 0.05) is 25.2 Å². The van der Waals surface area contributed by atoms with Crippen LogP contribution < -0.4 is 5.32 Å². The summed E-state index contributed by atoms with van der Waals surface area (Å²) in [5.41, 5.74) is 0. The van der Waals surface area contributed by atoms with E-state index in [9.17, 15) is 0 Å². The Morgan fingerprint density at radius 1 is 1.18 bits per heavy atom. The predicted octanol–water partition coefficient (Wildman–Crippen LogP) is 1.65.